The highest BCUT2D eigenvalue weighted by Gasteiger charge is 2.29. The summed E-state index contributed by atoms with van der Waals surface area (Å²) in [4.78, 5) is 26.3. The Hall–Kier alpha value is -3.69. The molecule has 4 rings (SSSR count). The molecule has 0 bridgehead atoms. The molecular weight excluding hydrogens is 466 g/mol. The molecule has 0 aliphatic carbocycles. The normalized spacial score (nSPS) is 14.5. The summed E-state index contributed by atoms with van der Waals surface area (Å²) >= 11 is 0. The van der Waals surface area contributed by atoms with Crippen LogP contribution < -0.4 is 10.5 Å². The van der Waals surface area contributed by atoms with E-state index in [1.165, 1.54) is 4.31 Å². The third kappa shape index (κ3) is 6.06. The summed E-state index contributed by atoms with van der Waals surface area (Å²) in [6.07, 6.45) is 0. The lowest BCUT2D eigenvalue weighted by Crippen LogP contribution is -2.50. The average molecular weight is 494 g/mol. The molecule has 1 saturated heterocycles. The van der Waals surface area contributed by atoms with Crippen molar-refractivity contribution in [1.29, 1.82) is 0 Å². The van der Waals surface area contributed by atoms with Gasteiger partial charge in [-0.05, 0) is 35.4 Å². The van der Waals surface area contributed by atoms with Crippen molar-refractivity contribution in [2.75, 3.05) is 26.2 Å². The summed E-state index contributed by atoms with van der Waals surface area (Å²) in [7, 11) is -3.45. The van der Waals surface area contributed by atoms with Crippen LogP contribution >= 0.6 is 0 Å². The van der Waals surface area contributed by atoms with Gasteiger partial charge >= 0.3 is 0 Å². The molecule has 3 aromatic rings. The fourth-order valence-corrected chi connectivity index (χ4v) is 5.50. The summed E-state index contributed by atoms with van der Waals surface area (Å²) in [5.41, 5.74) is 7.68. The molecule has 0 unspecified atom stereocenters. The largest absolute Gasteiger partial charge is 0.488 e. The molecule has 8 nitrogen and oxygen atoms in total. The van der Waals surface area contributed by atoms with Crippen molar-refractivity contribution in [3.05, 3.63) is 101 Å². The van der Waals surface area contributed by atoms with Crippen molar-refractivity contribution in [2.24, 2.45) is 5.73 Å². The van der Waals surface area contributed by atoms with Crippen molar-refractivity contribution >= 4 is 21.8 Å². The predicted molar refractivity (Wildman–Crippen MR) is 132 cm³/mol. The second-order valence-corrected chi connectivity index (χ2v) is 10.3. The minimum atomic E-state index is -3.45. The number of rotatable bonds is 8. The molecule has 0 saturated carbocycles. The van der Waals surface area contributed by atoms with Crippen LogP contribution in [0.2, 0.25) is 0 Å². The van der Waals surface area contributed by atoms with E-state index in [1.54, 1.807) is 59.5 Å². The molecule has 1 aliphatic heterocycles. The molecule has 0 spiro atoms. The highest BCUT2D eigenvalue weighted by molar-refractivity contribution is 7.88. The topological polar surface area (TPSA) is 110 Å². The molecule has 0 radical (unpaired) electrons. The number of primary amides is 1. The van der Waals surface area contributed by atoms with Gasteiger partial charge in [0.1, 0.15) is 12.4 Å². The first-order chi connectivity index (χ1) is 16.8. The molecule has 9 heteroatoms. The van der Waals surface area contributed by atoms with Crippen LogP contribution in [0.15, 0.2) is 78.9 Å². The lowest BCUT2D eigenvalue weighted by Gasteiger charge is -2.34. The van der Waals surface area contributed by atoms with Crippen LogP contribution in [0.4, 0.5) is 0 Å². The zero-order valence-corrected chi connectivity index (χ0v) is 20.0. The number of nitrogens with two attached hydrogens (primary N) is 1. The number of nitrogens with zero attached hydrogens (tertiary/aromatic N) is 2. The van der Waals surface area contributed by atoms with E-state index in [9.17, 15) is 18.0 Å². The first-order valence-corrected chi connectivity index (χ1v) is 12.9. The standard InChI is InChI=1S/C26H27N3O5S/c27-25(30)23-11-4-5-12-24(23)34-18-21-9-6-10-22(17-21)26(31)28-13-15-29(16-14-28)35(32,33)19-20-7-2-1-3-8-20/h1-12,17H,13-16,18-19H2,(H2,27,30). The van der Waals surface area contributed by atoms with Crippen molar-refractivity contribution < 1.29 is 22.7 Å². The first-order valence-electron chi connectivity index (χ1n) is 11.2. The smallest absolute Gasteiger partial charge is 0.253 e. The van der Waals surface area contributed by atoms with E-state index in [2.05, 4.69) is 0 Å². The Morgan fingerprint density at radius 3 is 2.20 bits per heavy atom. The van der Waals surface area contributed by atoms with Crippen LogP contribution in [0.3, 0.4) is 0 Å². The Morgan fingerprint density at radius 2 is 1.49 bits per heavy atom. The summed E-state index contributed by atoms with van der Waals surface area (Å²) in [6, 6.07) is 22.9. The van der Waals surface area contributed by atoms with E-state index < -0.39 is 15.9 Å². The first kappa shape index (κ1) is 24.4. The van der Waals surface area contributed by atoms with Crippen molar-refractivity contribution in [3.8, 4) is 5.75 Å². The average Bonchev–Trinajstić information content (AvgIpc) is 2.88. The van der Waals surface area contributed by atoms with E-state index in [1.807, 2.05) is 24.3 Å². The van der Waals surface area contributed by atoms with Crippen molar-refractivity contribution in [3.63, 3.8) is 0 Å². The minimum Gasteiger partial charge on any atom is -0.488 e. The number of piperazine rings is 1. The molecule has 1 fully saturated rings. The van der Waals surface area contributed by atoms with E-state index in [0.717, 1.165) is 11.1 Å². The van der Waals surface area contributed by atoms with Gasteiger partial charge in [0.15, 0.2) is 0 Å². The zero-order chi connectivity index (χ0) is 24.8. The molecule has 2 N–H and O–H groups in total. The SMILES string of the molecule is NC(=O)c1ccccc1OCc1cccc(C(=O)N2CCN(S(=O)(=O)Cc3ccccc3)CC2)c1. The van der Waals surface area contributed by atoms with Gasteiger partial charge in [-0.25, -0.2) is 8.42 Å². The molecular formula is C26H27N3O5S. The third-order valence-electron chi connectivity index (χ3n) is 5.83. The van der Waals surface area contributed by atoms with Gasteiger partial charge in [0.05, 0.1) is 11.3 Å². The number of hydrogen-bond donors (Lipinski definition) is 1. The van der Waals surface area contributed by atoms with Crippen LogP contribution in [0.5, 0.6) is 5.75 Å². The molecule has 3 aromatic carbocycles. The Morgan fingerprint density at radius 1 is 0.829 bits per heavy atom. The van der Waals surface area contributed by atoms with Crippen LogP contribution in [-0.4, -0.2) is 55.6 Å². The third-order valence-corrected chi connectivity index (χ3v) is 7.68. The maximum absolute atomic E-state index is 13.1. The summed E-state index contributed by atoms with van der Waals surface area (Å²) in [6.45, 7) is 1.32. The Labute approximate surface area is 205 Å². The van der Waals surface area contributed by atoms with E-state index in [0.29, 0.717) is 30.0 Å². The van der Waals surface area contributed by atoms with E-state index >= 15 is 0 Å². The Kier molecular flexibility index (Phi) is 7.48. The van der Waals surface area contributed by atoms with Crippen LogP contribution in [0, 0.1) is 0 Å². The monoisotopic (exact) mass is 493 g/mol. The number of ether oxygens (including phenoxy) is 1. The Bertz CT molecular complexity index is 1300. The second-order valence-electron chi connectivity index (χ2n) is 8.28. The van der Waals surface area contributed by atoms with Gasteiger partial charge in [0.2, 0.25) is 10.0 Å². The van der Waals surface area contributed by atoms with Crippen LogP contribution in [0.25, 0.3) is 0 Å². The number of hydrogen-bond acceptors (Lipinski definition) is 5. The van der Waals surface area contributed by atoms with Gasteiger partial charge in [0, 0.05) is 31.7 Å². The highest BCUT2D eigenvalue weighted by Crippen LogP contribution is 2.20. The van der Waals surface area contributed by atoms with Gasteiger partial charge in [-0.15, -0.1) is 0 Å². The Balaban J connectivity index is 1.36. The zero-order valence-electron chi connectivity index (χ0n) is 19.2. The minimum absolute atomic E-state index is 0.0529. The molecule has 0 atom stereocenters. The number of amides is 2. The van der Waals surface area contributed by atoms with Gasteiger partial charge in [-0.1, -0.05) is 54.6 Å². The van der Waals surface area contributed by atoms with Gasteiger partial charge < -0.3 is 15.4 Å². The maximum Gasteiger partial charge on any atom is 0.253 e. The number of carbonyl (C=O) groups is 2. The van der Waals surface area contributed by atoms with Gasteiger partial charge in [0.25, 0.3) is 11.8 Å². The fraction of sp³-hybridized carbons (Fsp3) is 0.231. The lowest BCUT2D eigenvalue weighted by atomic mass is 10.1. The number of carbonyl (C=O) groups excluding carboxylic acids is 2. The fourth-order valence-electron chi connectivity index (χ4n) is 3.98. The molecule has 35 heavy (non-hydrogen) atoms. The maximum atomic E-state index is 13.1. The summed E-state index contributed by atoms with van der Waals surface area (Å²) in [5, 5.41) is 0. The number of para-hydroxylation sites is 1. The number of benzene rings is 3. The quantitative estimate of drug-likeness (QED) is 0.519. The molecule has 2 amide bonds. The van der Waals surface area contributed by atoms with Crippen LogP contribution in [-0.2, 0) is 22.4 Å². The van der Waals surface area contributed by atoms with E-state index in [4.69, 9.17) is 10.5 Å². The van der Waals surface area contributed by atoms with Crippen LogP contribution in [0.1, 0.15) is 31.8 Å². The molecule has 0 aromatic heterocycles. The van der Waals surface area contributed by atoms with Crippen molar-refractivity contribution in [1.82, 2.24) is 9.21 Å². The van der Waals surface area contributed by atoms with Gasteiger partial charge in [-0.2, -0.15) is 4.31 Å². The molecule has 1 aliphatic rings. The number of sulfonamides is 1. The molecule has 1 heterocycles. The highest BCUT2D eigenvalue weighted by atomic mass is 32.2. The predicted octanol–water partition coefficient (Wildman–Crippen LogP) is 2.65. The summed E-state index contributed by atoms with van der Waals surface area (Å²) in [5.74, 6) is -0.411. The van der Waals surface area contributed by atoms with Crippen molar-refractivity contribution in [2.45, 2.75) is 12.4 Å². The summed E-state index contributed by atoms with van der Waals surface area (Å²) < 4.78 is 32.8. The second kappa shape index (κ2) is 10.7. The van der Waals surface area contributed by atoms with E-state index in [-0.39, 0.29) is 31.4 Å². The molecule has 182 valence electrons. The lowest BCUT2D eigenvalue weighted by molar-refractivity contribution is 0.0697. The van der Waals surface area contributed by atoms with Gasteiger partial charge in [-0.3, -0.25) is 9.59 Å².